The summed E-state index contributed by atoms with van der Waals surface area (Å²) in [5, 5.41) is 3.84. The highest BCUT2D eigenvalue weighted by atomic mass is 35.5. The van der Waals surface area contributed by atoms with Crippen LogP contribution in [-0.4, -0.2) is 13.5 Å². The van der Waals surface area contributed by atoms with Crippen molar-refractivity contribution >= 4 is 23.7 Å². The largest absolute Gasteiger partial charge is 0.487 e. The number of halogens is 1. The van der Waals surface area contributed by atoms with Gasteiger partial charge < -0.3 is 10.1 Å². The third-order valence-electron chi connectivity index (χ3n) is 3.21. The lowest BCUT2D eigenvalue weighted by Gasteiger charge is -2.14. The van der Waals surface area contributed by atoms with Crippen molar-refractivity contribution in [2.45, 2.75) is 20.5 Å². The van der Waals surface area contributed by atoms with Crippen LogP contribution in [0.4, 0.5) is 5.69 Å². The first-order valence-electron chi connectivity index (χ1n) is 7.08. The van der Waals surface area contributed by atoms with Gasteiger partial charge in [-0.1, -0.05) is 29.8 Å². The van der Waals surface area contributed by atoms with Crippen molar-refractivity contribution in [2.24, 2.45) is 5.84 Å². The summed E-state index contributed by atoms with van der Waals surface area (Å²) in [6, 6.07) is 12.0. The topological polar surface area (TPSA) is 76.4 Å². The summed E-state index contributed by atoms with van der Waals surface area (Å²) in [6.07, 6.45) is 0.403. The SMILES string of the molecule is CNc1cccc(C)c1COc1ccc(C)cc1Cl.NNC=O. The van der Waals surface area contributed by atoms with Crippen LogP contribution in [0.15, 0.2) is 36.4 Å². The maximum absolute atomic E-state index is 8.94. The van der Waals surface area contributed by atoms with Crippen molar-refractivity contribution in [1.82, 2.24) is 5.43 Å². The van der Waals surface area contributed by atoms with Crippen molar-refractivity contribution in [3.8, 4) is 5.75 Å². The molecule has 0 aliphatic heterocycles. The first kappa shape index (κ1) is 18.8. The molecule has 0 aliphatic rings. The van der Waals surface area contributed by atoms with Gasteiger partial charge in [0.05, 0.1) is 5.02 Å². The Hall–Kier alpha value is -2.24. The van der Waals surface area contributed by atoms with Gasteiger partial charge >= 0.3 is 0 Å². The molecule has 0 spiro atoms. The minimum atomic E-state index is 0.403. The summed E-state index contributed by atoms with van der Waals surface area (Å²) in [5.41, 5.74) is 6.32. The predicted octanol–water partition coefficient (Wildman–Crippen LogP) is 3.18. The Morgan fingerprint density at radius 2 is 1.96 bits per heavy atom. The number of anilines is 1. The van der Waals surface area contributed by atoms with E-state index in [2.05, 4.69) is 24.1 Å². The Labute approximate surface area is 141 Å². The lowest BCUT2D eigenvalue weighted by atomic mass is 10.1. The summed E-state index contributed by atoms with van der Waals surface area (Å²) in [5.74, 6) is 5.13. The zero-order valence-electron chi connectivity index (χ0n) is 13.5. The van der Waals surface area contributed by atoms with Gasteiger partial charge in [0.15, 0.2) is 0 Å². The van der Waals surface area contributed by atoms with E-state index in [0.29, 0.717) is 18.0 Å². The summed E-state index contributed by atoms with van der Waals surface area (Å²) in [7, 11) is 1.91. The highest BCUT2D eigenvalue weighted by Crippen LogP contribution is 2.27. The first-order valence-corrected chi connectivity index (χ1v) is 7.46. The fourth-order valence-electron chi connectivity index (χ4n) is 2.00. The van der Waals surface area contributed by atoms with Crippen LogP contribution in [0, 0.1) is 13.8 Å². The maximum Gasteiger partial charge on any atom is 0.221 e. The molecule has 4 N–H and O–H groups in total. The zero-order valence-corrected chi connectivity index (χ0v) is 14.3. The molecule has 0 fully saturated rings. The Morgan fingerprint density at radius 1 is 1.26 bits per heavy atom. The molecule has 2 aromatic rings. The summed E-state index contributed by atoms with van der Waals surface area (Å²) >= 11 is 6.17. The monoisotopic (exact) mass is 335 g/mol. The number of nitrogens with two attached hydrogens (primary N) is 1. The molecule has 0 saturated heterocycles. The van der Waals surface area contributed by atoms with E-state index in [4.69, 9.17) is 21.1 Å². The molecule has 23 heavy (non-hydrogen) atoms. The van der Waals surface area contributed by atoms with Crippen LogP contribution in [-0.2, 0) is 11.4 Å². The average Bonchev–Trinajstić information content (AvgIpc) is 2.55. The van der Waals surface area contributed by atoms with Crippen LogP contribution >= 0.6 is 11.6 Å². The molecule has 6 heteroatoms. The fraction of sp³-hybridized carbons (Fsp3) is 0.235. The maximum atomic E-state index is 8.94. The van der Waals surface area contributed by atoms with Gasteiger partial charge in [-0.25, -0.2) is 5.84 Å². The standard InChI is InChI=1S/C16H18ClNO.CH4N2O/c1-11-7-8-16(14(17)9-11)19-10-13-12(2)5-4-6-15(13)18-3;2-3-1-4/h4-9,18H,10H2,1-3H3;1H,2H2,(H,3,4). The number of hydrogen-bond acceptors (Lipinski definition) is 4. The van der Waals surface area contributed by atoms with Crippen molar-refractivity contribution in [1.29, 1.82) is 0 Å². The Bertz CT molecular complexity index is 648. The number of aryl methyl sites for hydroxylation is 2. The molecule has 0 bridgehead atoms. The van der Waals surface area contributed by atoms with E-state index in [1.165, 1.54) is 5.56 Å². The number of ether oxygens (including phenoxy) is 1. The average molecular weight is 336 g/mol. The molecule has 1 amide bonds. The van der Waals surface area contributed by atoms with Gasteiger partial charge in [-0.3, -0.25) is 10.2 Å². The molecule has 5 nitrogen and oxygen atoms in total. The molecule has 124 valence electrons. The third-order valence-corrected chi connectivity index (χ3v) is 3.50. The third kappa shape index (κ3) is 5.81. The normalized spacial score (nSPS) is 9.43. The quantitative estimate of drug-likeness (QED) is 0.339. The molecule has 0 aromatic heterocycles. The molecule has 2 aromatic carbocycles. The van der Waals surface area contributed by atoms with Crippen LogP contribution in [0.1, 0.15) is 16.7 Å². The van der Waals surface area contributed by atoms with E-state index >= 15 is 0 Å². The second kappa shape index (κ2) is 9.71. The van der Waals surface area contributed by atoms with Crippen LogP contribution in [0.25, 0.3) is 0 Å². The highest BCUT2D eigenvalue weighted by Gasteiger charge is 2.07. The van der Waals surface area contributed by atoms with Crippen LogP contribution in [0.3, 0.4) is 0 Å². The van der Waals surface area contributed by atoms with Crippen molar-refractivity contribution in [3.63, 3.8) is 0 Å². The second-order valence-electron chi connectivity index (χ2n) is 4.86. The number of rotatable bonds is 5. The second-order valence-corrected chi connectivity index (χ2v) is 5.27. The van der Waals surface area contributed by atoms with Crippen LogP contribution in [0.5, 0.6) is 5.75 Å². The van der Waals surface area contributed by atoms with E-state index in [1.54, 1.807) is 5.43 Å². The van der Waals surface area contributed by atoms with E-state index < -0.39 is 0 Å². The fourth-order valence-corrected chi connectivity index (χ4v) is 2.29. The lowest BCUT2D eigenvalue weighted by Crippen LogP contribution is -2.18. The molecule has 2 rings (SSSR count). The van der Waals surface area contributed by atoms with Gasteiger partial charge in [-0.05, 0) is 43.2 Å². The summed E-state index contributed by atoms with van der Waals surface area (Å²) in [4.78, 5) is 8.94. The van der Waals surface area contributed by atoms with Gasteiger partial charge in [-0.2, -0.15) is 0 Å². The van der Waals surface area contributed by atoms with Crippen molar-refractivity contribution in [2.75, 3.05) is 12.4 Å². The zero-order chi connectivity index (χ0) is 17.2. The number of hydrogen-bond donors (Lipinski definition) is 3. The molecule has 0 aliphatic carbocycles. The summed E-state index contributed by atoms with van der Waals surface area (Å²) < 4.78 is 5.83. The molecule has 0 heterocycles. The van der Waals surface area contributed by atoms with Gasteiger partial charge in [0, 0.05) is 18.3 Å². The summed E-state index contributed by atoms with van der Waals surface area (Å²) in [6.45, 7) is 4.60. The van der Waals surface area contributed by atoms with Gasteiger partial charge in [0.1, 0.15) is 12.4 Å². The molecular weight excluding hydrogens is 314 g/mol. The number of nitrogens with one attached hydrogen (secondary N) is 2. The predicted molar refractivity (Wildman–Crippen MR) is 94.6 cm³/mol. The molecular formula is C17H22ClN3O2. The van der Waals surface area contributed by atoms with Gasteiger partial charge in [0.25, 0.3) is 0 Å². The van der Waals surface area contributed by atoms with E-state index in [1.807, 2.05) is 44.3 Å². The number of amides is 1. The van der Waals surface area contributed by atoms with Crippen LogP contribution in [0.2, 0.25) is 5.02 Å². The van der Waals surface area contributed by atoms with Crippen LogP contribution < -0.4 is 21.3 Å². The van der Waals surface area contributed by atoms with Crippen molar-refractivity contribution in [3.05, 3.63) is 58.1 Å². The minimum Gasteiger partial charge on any atom is -0.487 e. The molecule has 0 radical (unpaired) electrons. The highest BCUT2D eigenvalue weighted by molar-refractivity contribution is 6.32. The lowest BCUT2D eigenvalue weighted by molar-refractivity contribution is -0.109. The van der Waals surface area contributed by atoms with Gasteiger partial charge in [-0.15, -0.1) is 0 Å². The Balaban J connectivity index is 0.000000593. The number of hydrazine groups is 1. The first-order chi connectivity index (χ1) is 11.0. The Kier molecular flexibility index (Phi) is 7.94. The van der Waals surface area contributed by atoms with E-state index in [-0.39, 0.29) is 0 Å². The molecule has 0 unspecified atom stereocenters. The van der Waals surface area contributed by atoms with E-state index in [9.17, 15) is 0 Å². The number of carbonyl (C=O) groups excluding carboxylic acids is 1. The minimum absolute atomic E-state index is 0.403. The molecule has 0 atom stereocenters. The van der Waals surface area contributed by atoms with Gasteiger partial charge in [0.2, 0.25) is 6.41 Å². The van der Waals surface area contributed by atoms with E-state index in [0.717, 1.165) is 22.6 Å². The smallest absolute Gasteiger partial charge is 0.221 e. The van der Waals surface area contributed by atoms with Crippen molar-refractivity contribution < 1.29 is 9.53 Å². The number of benzene rings is 2. The molecule has 0 saturated carbocycles. The number of carbonyl (C=O) groups is 1. The Morgan fingerprint density at radius 3 is 2.52 bits per heavy atom.